The Morgan fingerprint density at radius 3 is 2.24 bits per heavy atom. The zero-order valence-corrected chi connectivity index (χ0v) is 12.9. The van der Waals surface area contributed by atoms with Crippen LogP contribution in [-0.2, 0) is 10.9 Å². The van der Waals surface area contributed by atoms with Crippen LogP contribution in [0.15, 0.2) is 52.9 Å². The maximum atomic E-state index is 12.6. The molecule has 0 radical (unpaired) electrons. The highest BCUT2D eigenvalue weighted by Gasteiger charge is 2.30. The zero-order chi connectivity index (χ0) is 18.0. The normalized spacial score (nSPS) is 11.4. The van der Waals surface area contributed by atoms with Gasteiger partial charge < -0.3 is 9.15 Å². The van der Waals surface area contributed by atoms with Gasteiger partial charge >= 0.3 is 12.1 Å². The van der Waals surface area contributed by atoms with Crippen molar-refractivity contribution >= 4 is 5.97 Å². The van der Waals surface area contributed by atoms with Crippen LogP contribution in [-0.4, -0.2) is 23.3 Å². The first-order chi connectivity index (χ1) is 11.9. The zero-order valence-electron chi connectivity index (χ0n) is 12.9. The van der Waals surface area contributed by atoms with Gasteiger partial charge in [-0.1, -0.05) is 6.07 Å². The lowest BCUT2D eigenvalue weighted by molar-refractivity contribution is -0.137. The van der Waals surface area contributed by atoms with Crippen molar-refractivity contribution in [2.75, 3.05) is 7.11 Å². The molecule has 0 N–H and O–H groups in total. The number of alkyl halides is 3. The van der Waals surface area contributed by atoms with E-state index in [9.17, 15) is 18.0 Å². The lowest BCUT2D eigenvalue weighted by Crippen LogP contribution is -2.03. The highest BCUT2D eigenvalue weighted by Crippen LogP contribution is 2.31. The largest absolute Gasteiger partial charge is 0.465 e. The smallest absolute Gasteiger partial charge is 0.416 e. The number of aromatic nitrogens is 2. The standard InChI is InChI=1S/C17H11F3N2O3/c1-24-16(23)12-4-2-3-11(9-12)15-22-21-14(25-15)10-5-7-13(8-6-10)17(18,19)20/h2-9H,1H3. The van der Waals surface area contributed by atoms with Crippen molar-refractivity contribution in [2.24, 2.45) is 0 Å². The van der Waals surface area contributed by atoms with E-state index in [2.05, 4.69) is 14.9 Å². The Balaban J connectivity index is 1.89. The van der Waals surface area contributed by atoms with Gasteiger partial charge in [0.25, 0.3) is 0 Å². The fourth-order valence-electron chi connectivity index (χ4n) is 2.16. The minimum absolute atomic E-state index is 0.0761. The minimum Gasteiger partial charge on any atom is -0.465 e. The molecule has 0 unspecified atom stereocenters. The van der Waals surface area contributed by atoms with E-state index in [4.69, 9.17) is 4.42 Å². The molecule has 3 rings (SSSR count). The van der Waals surface area contributed by atoms with E-state index in [1.807, 2.05) is 0 Å². The maximum Gasteiger partial charge on any atom is 0.416 e. The summed E-state index contributed by atoms with van der Waals surface area (Å²) in [6.07, 6.45) is -4.41. The van der Waals surface area contributed by atoms with E-state index >= 15 is 0 Å². The van der Waals surface area contributed by atoms with Crippen LogP contribution in [0, 0.1) is 0 Å². The lowest BCUT2D eigenvalue weighted by Gasteiger charge is -2.05. The first kappa shape index (κ1) is 16.7. The van der Waals surface area contributed by atoms with Crippen LogP contribution < -0.4 is 0 Å². The predicted octanol–water partition coefficient (Wildman–Crippen LogP) is 4.21. The van der Waals surface area contributed by atoms with Crippen LogP contribution in [0.4, 0.5) is 13.2 Å². The summed E-state index contributed by atoms with van der Waals surface area (Å²) in [5, 5.41) is 7.70. The van der Waals surface area contributed by atoms with Gasteiger partial charge in [0, 0.05) is 11.1 Å². The van der Waals surface area contributed by atoms with Gasteiger partial charge in [-0.3, -0.25) is 0 Å². The van der Waals surface area contributed by atoms with Gasteiger partial charge in [-0.2, -0.15) is 13.2 Å². The molecule has 8 heteroatoms. The monoisotopic (exact) mass is 348 g/mol. The minimum atomic E-state index is -4.41. The molecule has 0 spiro atoms. The first-order valence-electron chi connectivity index (χ1n) is 7.08. The van der Waals surface area contributed by atoms with E-state index in [-0.39, 0.29) is 11.8 Å². The Morgan fingerprint density at radius 1 is 1.00 bits per heavy atom. The van der Waals surface area contributed by atoms with Gasteiger partial charge in [0.05, 0.1) is 18.2 Å². The highest BCUT2D eigenvalue weighted by molar-refractivity contribution is 5.90. The molecule has 25 heavy (non-hydrogen) atoms. The number of benzene rings is 2. The van der Waals surface area contributed by atoms with Gasteiger partial charge in [-0.25, -0.2) is 4.79 Å². The second-order valence-corrected chi connectivity index (χ2v) is 5.06. The van der Waals surface area contributed by atoms with Crippen molar-refractivity contribution in [1.29, 1.82) is 0 Å². The molecule has 0 saturated heterocycles. The molecule has 1 aromatic heterocycles. The second-order valence-electron chi connectivity index (χ2n) is 5.06. The van der Waals surface area contributed by atoms with E-state index in [1.54, 1.807) is 18.2 Å². The van der Waals surface area contributed by atoms with E-state index in [1.165, 1.54) is 25.3 Å². The summed E-state index contributed by atoms with van der Waals surface area (Å²) in [5.74, 6) is -0.294. The van der Waals surface area contributed by atoms with E-state index in [0.29, 0.717) is 16.7 Å². The summed E-state index contributed by atoms with van der Waals surface area (Å²) in [4.78, 5) is 11.6. The number of hydrogen-bond acceptors (Lipinski definition) is 5. The molecule has 3 aromatic rings. The molecule has 128 valence electrons. The molecular formula is C17H11F3N2O3. The Bertz CT molecular complexity index is 902. The Kier molecular flexibility index (Phi) is 4.26. The van der Waals surface area contributed by atoms with Crippen LogP contribution in [0.1, 0.15) is 15.9 Å². The van der Waals surface area contributed by atoms with Crippen LogP contribution in [0.25, 0.3) is 22.9 Å². The molecule has 1 heterocycles. The van der Waals surface area contributed by atoms with Crippen molar-refractivity contribution in [2.45, 2.75) is 6.18 Å². The van der Waals surface area contributed by atoms with Gasteiger partial charge in [0.2, 0.25) is 11.8 Å². The summed E-state index contributed by atoms with van der Waals surface area (Å²) in [6.45, 7) is 0. The predicted molar refractivity (Wildman–Crippen MR) is 81.5 cm³/mol. The lowest BCUT2D eigenvalue weighted by atomic mass is 10.1. The Morgan fingerprint density at radius 2 is 1.64 bits per heavy atom. The third-order valence-corrected chi connectivity index (χ3v) is 3.41. The Hall–Kier alpha value is -3.16. The average Bonchev–Trinajstić information content (AvgIpc) is 3.10. The number of halogens is 3. The number of carbonyl (C=O) groups is 1. The highest BCUT2D eigenvalue weighted by atomic mass is 19.4. The number of methoxy groups -OCH3 is 1. The molecule has 0 amide bonds. The number of ether oxygens (including phenoxy) is 1. The summed E-state index contributed by atoms with van der Waals surface area (Å²) in [6, 6.07) is 10.8. The van der Waals surface area contributed by atoms with Crippen molar-refractivity contribution in [3.63, 3.8) is 0 Å². The van der Waals surface area contributed by atoms with Gasteiger partial charge in [0.15, 0.2) is 0 Å². The first-order valence-corrected chi connectivity index (χ1v) is 7.08. The molecule has 0 saturated carbocycles. The summed E-state index contributed by atoms with van der Waals surface area (Å²) in [5.41, 5.74) is 0.403. The topological polar surface area (TPSA) is 65.2 Å². The van der Waals surface area contributed by atoms with Crippen molar-refractivity contribution < 1.29 is 27.1 Å². The van der Waals surface area contributed by atoms with Gasteiger partial charge in [-0.15, -0.1) is 10.2 Å². The number of esters is 1. The number of nitrogens with zero attached hydrogens (tertiary/aromatic N) is 2. The number of carbonyl (C=O) groups excluding carboxylic acids is 1. The third kappa shape index (κ3) is 3.52. The third-order valence-electron chi connectivity index (χ3n) is 3.41. The molecule has 2 aromatic carbocycles. The fraction of sp³-hybridized carbons (Fsp3) is 0.118. The number of rotatable bonds is 3. The molecule has 0 aliphatic heterocycles. The van der Waals surface area contributed by atoms with Crippen molar-refractivity contribution in [3.8, 4) is 22.9 Å². The molecule has 0 fully saturated rings. The van der Waals surface area contributed by atoms with Crippen molar-refractivity contribution in [1.82, 2.24) is 10.2 Å². The van der Waals surface area contributed by atoms with Crippen LogP contribution in [0.5, 0.6) is 0 Å². The molecule has 0 aliphatic carbocycles. The van der Waals surface area contributed by atoms with Crippen LogP contribution in [0.3, 0.4) is 0 Å². The quantitative estimate of drug-likeness (QED) is 0.664. The summed E-state index contributed by atoms with van der Waals surface area (Å²) in [7, 11) is 1.27. The molecule has 0 bridgehead atoms. The summed E-state index contributed by atoms with van der Waals surface area (Å²) >= 11 is 0. The molecular weight excluding hydrogens is 337 g/mol. The Labute approximate surface area is 140 Å². The fourth-order valence-corrected chi connectivity index (χ4v) is 2.16. The maximum absolute atomic E-state index is 12.6. The summed E-state index contributed by atoms with van der Waals surface area (Å²) < 4.78 is 47.9. The molecule has 0 atom stereocenters. The number of hydrogen-bond donors (Lipinski definition) is 0. The second kappa shape index (κ2) is 6.39. The van der Waals surface area contributed by atoms with E-state index < -0.39 is 17.7 Å². The van der Waals surface area contributed by atoms with Gasteiger partial charge in [-0.05, 0) is 42.5 Å². The molecule has 5 nitrogen and oxygen atoms in total. The van der Waals surface area contributed by atoms with E-state index in [0.717, 1.165) is 12.1 Å². The average molecular weight is 348 g/mol. The van der Waals surface area contributed by atoms with Crippen LogP contribution in [0.2, 0.25) is 0 Å². The van der Waals surface area contributed by atoms with Gasteiger partial charge in [0.1, 0.15) is 0 Å². The van der Waals surface area contributed by atoms with Crippen molar-refractivity contribution in [3.05, 3.63) is 59.7 Å². The van der Waals surface area contributed by atoms with Crippen LogP contribution >= 0.6 is 0 Å². The SMILES string of the molecule is COC(=O)c1cccc(-c2nnc(-c3ccc(C(F)(F)F)cc3)o2)c1. The molecule has 0 aliphatic rings.